The lowest BCUT2D eigenvalue weighted by molar-refractivity contribution is 0.854. The van der Waals surface area contributed by atoms with Gasteiger partial charge in [-0.2, -0.15) is 0 Å². The molecule has 0 atom stereocenters. The SMILES string of the molecule is Clc1cccc(CCc2ncc(I)cn2)c1. The summed E-state index contributed by atoms with van der Waals surface area (Å²) in [5.41, 5.74) is 1.22. The summed E-state index contributed by atoms with van der Waals surface area (Å²) in [4.78, 5) is 8.53. The molecule has 2 rings (SSSR count). The van der Waals surface area contributed by atoms with Crippen LogP contribution in [0.3, 0.4) is 0 Å². The largest absolute Gasteiger partial charge is 0.240 e. The first kappa shape index (κ1) is 11.8. The van der Waals surface area contributed by atoms with Gasteiger partial charge < -0.3 is 0 Å². The quantitative estimate of drug-likeness (QED) is 0.796. The molecule has 0 N–H and O–H groups in total. The molecule has 0 aliphatic rings. The fraction of sp³-hybridized carbons (Fsp3) is 0.167. The molecule has 1 heterocycles. The first-order valence-electron chi connectivity index (χ1n) is 4.95. The van der Waals surface area contributed by atoms with Gasteiger partial charge in [0, 0.05) is 27.4 Å². The third-order valence-corrected chi connectivity index (χ3v) is 2.99. The van der Waals surface area contributed by atoms with Gasteiger partial charge in [0.1, 0.15) is 5.82 Å². The fourth-order valence-electron chi connectivity index (χ4n) is 1.42. The van der Waals surface area contributed by atoms with Gasteiger partial charge in [-0.3, -0.25) is 0 Å². The van der Waals surface area contributed by atoms with Crippen LogP contribution in [0, 0.1) is 3.57 Å². The van der Waals surface area contributed by atoms with Gasteiger partial charge in [0.25, 0.3) is 0 Å². The molecule has 0 aliphatic carbocycles. The zero-order chi connectivity index (χ0) is 11.4. The Balaban J connectivity index is 1.99. The molecule has 0 unspecified atom stereocenters. The van der Waals surface area contributed by atoms with Crippen LogP contribution in [0.15, 0.2) is 36.7 Å². The van der Waals surface area contributed by atoms with Crippen LogP contribution in [0.2, 0.25) is 5.02 Å². The average Bonchev–Trinajstić information content (AvgIpc) is 2.28. The third kappa shape index (κ3) is 3.42. The molecule has 2 aromatic rings. The summed E-state index contributed by atoms with van der Waals surface area (Å²) >= 11 is 8.11. The number of rotatable bonds is 3. The zero-order valence-electron chi connectivity index (χ0n) is 8.53. The predicted molar refractivity (Wildman–Crippen MR) is 73.6 cm³/mol. The van der Waals surface area contributed by atoms with Crippen molar-refractivity contribution in [3.8, 4) is 0 Å². The van der Waals surface area contributed by atoms with Crippen LogP contribution in [-0.2, 0) is 12.8 Å². The molecule has 0 amide bonds. The van der Waals surface area contributed by atoms with E-state index in [9.17, 15) is 0 Å². The van der Waals surface area contributed by atoms with E-state index in [1.54, 1.807) is 0 Å². The second-order valence-corrected chi connectivity index (χ2v) is 5.13. The summed E-state index contributed by atoms with van der Waals surface area (Å²) in [6.45, 7) is 0. The third-order valence-electron chi connectivity index (χ3n) is 2.20. The van der Waals surface area contributed by atoms with Gasteiger partial charge in [0.2, 0.25) is 0 Å². The van der Waals surface area contributed by atoms with Crippen molar-refractivity contribution in [3.63, 3.8) is 0 Å². The lowest BCUT2D eigenvalue weighted by atomic mass is 10.1. The van der Waals surface area contributed by atoms with Gasteiger partial charge in [0.05, 0.1) is 0 Å². The Morgan fingerprint density at radius 3 is 2.56 bits per heavy atom. The Bertz CT molecular complexity index is 471. The Labute approximate surface area is 113 Å². The number of aromatic nitrogens is 2. The summed E-state index contributed by atoms with van der Waals surface area (Å²) < 4.78 is 1.06. The van der Waals surface area contributed by atoms with Crippen LogP contribution in [0.1, 0.15) is 11.4 Å². The maximum atomic E-state index is 5.92. The molecule has 0 radical (unpaired) electrons. The lowest BCUT2D eigenvalue weighted by Crippen LogP contribution is -1.97. The van der Waals surface area contributed by atoms with Crippen molar-refractivity contribution in [3.05, 3.63) is 56.6 Å². The molecule has 1 aromatic heterocycles. The number of benzene rings is 1. The van der Waals surface area contributed by atoms with Crippen molar-refractivity contribution in [1.29, 1.82) is 0 Å². The molecule has 0 aliphatic heterocycles. The van der Waals surface area contributed by atoms with Gasteiger partial charge in [-0.15, -0.1) is 0 Å². The van der Waals surface area contributed by atoms with E-state index in [0.717, 1.165) is 27.3 Å². The molecule has 0 bridgehead atoms. The zero-order valence-corrected chi connectivity index (χ0v) is 11.4. The highest BCUT2D eigenvalue weighted by Gasteiger charge is 1.99. The smallest absolute Gasteiger partial charge is 0.128 e. The summed E-state index contributed by atoms with van der Waals surface area (Å²) in [5.74, 6) is 0.875. The summed E-state index contributed by atoms with van der Waals surface area (Å²) in [7, 11) is 0. The fourth-order valence-corrected chi connectivity index (χ4v) is 1.91. The number of aryl methyl sites for hydroxylation is 2. The lowest BCUT2D eigenvalue weighted by Gasteiger charge is -2.01. The van der Waals surface area contributed by atoms with Gasteiger partial charge in [-0.05, 0) is 46.7 Å². The molecular formula is C12H10ClIN2. The minimum atomic E-state index is 0.779. The van der Waals surface area contributed by atoms with E-state index in [0.29, 0.717) is 0 Å². The van der Waals surface area contributed by atoms with Gasteiger partial charge in [-0.1, -0.05) is 23.7 Å². The number of halogens is 2. The Kier molecular flexibility index (Phi) is 4.12. The van der Waals surface area contributed by atoms with Crippen molar-refractivity contribution < 1.29 is 0 Å². The van der Waals surface area contributed by atoms with Gasteiger partial charge in [0.15, 0.2) is 0 Å². The van der Waals surface area contributed by atoms with E-state index < -0.39 is 0 Å². The second-order valence-electron chi connectivity index (χ2n) is 3.45. The van der Waals surface area contributed by atoms with E-state index >= 15 is 0 Å². The Morgan fingerprint density at radius 2 is 1.88 bits per heavy atom. The van der Waals surface area contributed by atoms with E-state index in [1.165, 1.54) is 5.56 Å². The van der Waals surface area contributed by atoms with E-state index in [4.69, 9.17) is 11.6 Å². The average molecular weight is 345 g/mol. The molecule has 2 nitrogen and oxygen atoms in total. The van der Waals surface area contributed by atoms with Crippen LogP contribution in [0.5, 0.6) is 0 Å². The van der Waals surface area contributed by atoms with Crippen molar-refractivity contribution in [2.24, 2.45) is 0 Å². The molecular weight excluding hydrogens is 335 g/mol. The van der Waals surface area contributed by atoms with Crippen LogP contribution in [0.25, 0.3) is 0 Å². The molecule has 82 valence electrons. The van der Waals surface area contributed by atoms with E-state index in [-0.39, 0.29) is 0 Å². The molecule has 0 spiro atoms. The van der Waals surface area contributed by atoms with Gasteiger partial charge >= 0.3 is 0 Å². The summed E-state index contributed by atoms with van der Waals surface area (Å²) in [6, 6.07) is 7.89. The van der Waals surface area contributed by atoms with Crippen LogP contribution in [0.4, 0.5) is 0 Å². The highest BCUT2D eigenvalue weighted by molar-refractivity contribution is 14.1. The van der Waals surface area contributed by atoms with E-state index in [2.05, 4.69) is 38.6 Å². The number of hydrogen-bond donors (Lipinski definition) is 0. The Morgan fingerprint density at radius 1 is 1.12 bits per heavy atom. The van der Waals surface area contributed by atoms with Crippen molar-refractivity contribution in [1.82, 2.24) is 9.97 Å². The van der Waals surface area contributed by atoms with Crippen LogP contribution >= 0.6 is 34.2 Å². The number of hydrogen-bond acceptors (Lipinski definition) is 2. The molecule has 0 saturated heterocycles. The maximum absolute atomic E-state index is 5.92. The standard InChI is InChI=1S/C12H10ClIN2/c13-10-3-1-2-9(6-10)4-5-12-15-7-11(14)8-16-12/h1-3,6-8H,4-5H2. The first-order chi connectivity index (χ1) is 7.74. The monoisotopic (exact) mass is 344 g/mol. The predicted octanol–water partition coefficient (Wildman–Crippen LogP) is 3.52. The van der Waals surface area contributed by atoms with Crippen LogP contribution < -0.4 is 0 Å². The summed E-state index contributed by atoms with van der Waals surface area (Å²) in [6.07, 6.45) is 5.43. The van der Waals surface area contributed by atoms with Crippen molar-refractivity contribution in [2.45, 2.75) is 12.8 Å². The van der Waals surface area contributed by atoms with Crippen molar-refractivity contribution in [2.75, 3.05) is 0 Å². The molecule has 16 heavy (non-hydrogen) atoms. The first-order valence-corrected chi connectivity index (χ1v) is 6.40. The van der Waals surface area contributed by atoms with Crippen LogP contribution in [-0.4, -0.2) is 9.97 Å². The molecule has 0 fully saturated rings. The molecule has 0 saturated carbocycles. The number of nitrogens with zero attached hydrogens (tertiary/aromatic N) is 2. The maximum Gasteiger partial charge on any atom is 0.128 e. The highest BCUT2D eigenvalue weighted by Crippen LogP contribution is 2.12. The Hall–Kier alpha value is -0.680. The minimum absolute atomic E-state index is 0.779. The molecule has 1 aromatic carbocycles. The topological polar surface area (TPSA) is 25.8 Å². The van der Waals surface area contributed by atoms with Crippen molar-refractivity contribution >= 4 is 34.2 Å². The summed E-state index contributed by atoms with van der Waals surface area (Å²) in [5, 5.41) is 0.779. The molecule has 4 heteroatoms. The van der Waals surface area contributed by atoms with E-state index in [1.807, 2.05) is 30.6 Å². The highest BCUT2D eigenvalue weighted by atomic mass is 127. The normalized spacial score (nSPS) is 10.4. The second kappa shape index (κ2) is 5.59. The minimum Gasteiger partial charge on any atom is -0.240 e. The van der Waals surface area contributed by atoms with Gasteiger partial charge in [-0.25, -0.2) is 9.97 Å².